The molecule has 0 unspecified atom stereocenters. The van der Waals surface area contributed by atoms with E-state index in [1.54, 1.807) is 11.1 Å². The Balaban J connectivity index is 1.24. The number of fused-ring (bicyclic) bond motifs is 2. The van der Waals surface area contributed by atoms with Crippen molar-refractivity contribution >= 4 is 29.1 Å². The second kappa shape index (κ2) is 9.11. The summed E-state index contributed by atoms with van der Waals surface area (Å²) in [5.41, 5.74) is 2.65. The number of piperidine rings is 2. The minimum Gasteiger partial charge on any atom is -0.355 e. The summed E-state index contributed by atoms with van der Waals surface area (Å²) in [6, 6.07) is 9.26. The van der Waals surface area contributed by atoms with Crippen molar-refractivity contribution in [2.45, 2.75) is 43.6 Å². The van der Waals surface area contributed by atoms with Gasteiger partial charge in [0.15, 0.2) is 0 Å². The molecule has 7 nitrogen and oxygen atoms in total. The minimum absolute atomic E-state index is 0.0749. The standard InChI is InChI=1S/C25H33ClN6O/c1-29(2)24(33)32-16-11-25(20-5-3-4-6-21(20)32)9-14-30(15-10-25)19-7-12-31(13-8-19)23-18-27-17-22(26)28-23/h3-6,17-19H,7-16H2,1-2H3. The number of likely N-dealkylation sites (tertiary alicyclic amines) is 1. The quantitative estimate of drug-likeness (QED) is 0.666. The molecule has 0 atom stereocenters. The van der Waals surface area contributed by atoms with Gasteiger partial charge in [0, 0.05) is 50.9 Å². The third-order valence-electron chi connectivity index (χ3n) is 7.85. The lowest BCUT2D eigenvalue weighted by Gasteiger charge is -2.50. The summed E-state index contributed by atoms with van der Waals surface area (Å²) >= 11 is 6.03. The highest BCUT2D eigenvalue weighted by atomic mass is 35.5. The van der Waals surface area contributed by atoms with Gasteiger partial charge in [-0.1, -0.05) is 29.8 Å². The van der Waals surface area contributed by atoms with Gasteiger partial charge < -0.3 is 14.7 Å². The van der Waals surface area contributed by atoms with Crippen LogP contribution in [0.25, 0.3) is 0 Å². The van der Waals surface area contributed by atoms with Crippen molar-refractivity contribution in [2.75, 3.05) is 56.6 Å². The number of aromatic nitrogens is 2. The second-order valence-electron chi connectivity index (χ2n) is 9.83. The minimum atomic E-state index is 0.0749. The lowest BCUT2D eigenvalue weighted by molar-refractivity contribution is 0.0947. The first kappa shape index (κ1) is 22.4. The SMILES string of the molecule is CN(C)C(=O)N1CCC2(CCN(C3CCN(c4cncc(Cl)n4)CC3)CC2)c2ccccc21. The number of carbonyl (C=O) groups excluding carboxylic acids is 1. The van der Waals surface area contributed by atoms with E-state index in [4.69, 9.17) is 11.6 Å². The summed E-state index contributed by atoms with van der Waals surface area (Å²) in [6.07, 6.45) is 9.04. The molecule has 3 aliphatic heterocycles. The molecule has 0 bridgehead atoms. The summed E-state index contributed by atoms with van der Waals surface area (Å²) in [5, 5.41) is 0.453. The molecule has 0 aliphatic carbocycles. The fraction of sp³-hybridized carbons (Fsp3) is 0.560. The maximum Gasteiger partial charge on any atom is 0.323 e. The van der Waals surface area contributed by atoms with E-state index in [9.17, 15) is 4.79 Å². The predicted octanol–water partition coefficient (Wildman–Crippen LogP) is 4.02. The average molecular weight is 469 g/mol. The van der Waals surface area contributed by atoms with E-state index < -0.39 is 0 Å². The topological polar surface area (TPSA) is 55.8 Å². The van der Waals surface area contributed by atoms with Crippen molar-refractivity contribution in [3.8, 4) is 0 Å². The number of para-hydroxylation sites is 1. The van der Waals surface area contributed by atoms with Crippen molar-refractivity contribution in [3.05, 3.63) is 47.4 Å². The van der Waals surface area contributed by atoms with Gasteiger partial charge >= 0.3 is 6.03 Å². The largest absolute Gasteiger partial charge is 0.355 e. The predicted molar refractivity (Wildman–Crippen MR) is 132 cm³/mol. The average Bonchev–Trinajstić information content (AvgIpc) is 2.85. The number of halogens is 1. The van der Waals surface area contributed by atoms with Gasteiger partial charge in [0.2, 0.25) is 0 Å². The van der Waals surface area contributed by atoms with Crippen LogP contribution >= 0.6 is 11.6 Å². The van der Waals surface area contributed by atoms with E-state index in [0.717, 1.165) is 76.3 Å². The first-order valence-electron chi connectivity index (χ1n) is 12.0. The van der Waals surface area contributed by atoms with Crippen LogP contribution in [-0.4, -0.2) is 78.7 Å². The lowest BCUT2D eigenvalue weighted by atomic mass is 9.67. The van der Waals surface area contributed by atoms with Crippen molar-refractivity contribution in [1.29, 1.82) is 0 Å². The van der Waals surface area contributed by atoms with Gasteiger partial charge in [-0.15, -0.1) is 0 Å². The zero-order valence-corrected chi connectivity index (χ0v) is 20.3. The summed E-state index contributed by atoms with van der Waals surface area (Å²) in [4.78, 5) is 30.0. The molecule has 1 aromatic carbocycles. The van der Waals surface area contributed by atoms with Crippen LogP contribution in [0.4, 0.5) is 16.3 Å². The maximum atomic E-state index is 12.8. The second-order valence-corrected chi connectivity index (χ2v) is 10.2. The molecule has 33 heavy (non-hydrogen) atoms. The molecule has 2 fully saturated rings. The van der Waals surface area contributed by atoms with Gasteiger partial charge in [-0.3, -0.25) is 9.88 Å². The molecule has 0 N–H and O–H groups in total. The number of rotatable bonds is 2. The molecule has 0 saturated carbocycles. The van der Waals surface area contributed by atoms with Crippen molar-refractivity contribution in [2.24, 2.45) is 0 Å². The molecule has 5 rings (SSSR count). The fourth-order valence-electron chi connectivity index (χ4n) is 5.96. The molecule has 176 valence electrons. The zero-order chi connectivity index (χ0) is 23.0. The lowest BCUT2D eigenvalue weighted by Crippen LogP contribution is -2.53. The van der Waals surface area contributed by atoms with Gasteiger partial charge in [0.1, 0.15) is 11.0 Å². The molecule has 4 heterocycles. The Labute approximate surface area is 201 Å². The first-order valence-corrected chi connectivity index (χ1v) is 12.4. The Bertz CT molecular complexity index is 998. The summed E-state index contributed by atoms with van der Waals surface area (Å²) in [5.74, 6) is 0.884. The molecular formula is C25H33ClN6O. The van der Waals surface area contributed by atoms with E-state index in [1.807, 2.05) is 25.2 Å². The number of carbonyl (C=O) groups is 1. The molecular weight excluding hydrogens is 436 g/mol. The number of hydrogen-bond donors (Lipinski definition) is 0. The van der Waals surface area contributed by atoms with Crippen LogP contribution in [0.15, 0.2) is 36.7 Å². The Morgan fingerprint density at radius 1 is 1.03 bits per heavy atom. The Kier molecular flexibility index (Phi) is 6.18. The van der Waals surface area contributed by atoms with Crippen LogP contribution < -0.4 is 9.80 Å². The molecule has 2 saturated heterocycles. The van der Waals surface area contributed by atoms with Gasteiger partial charge in [0.05, 0.1) is 12.4 Å². The van der Waals surface area contributed by atoms with Crippen molar-refractivity contribution in [3.63, 3.8) is 0 Å². The third kappa shape index (κ3) is 4.28. The third-order valence-corrected chi connectivity index (χ3v) is 8.03. The monoisotopic (exact) mass is 468 g/mol. The van der Waals surface area contributed by atoms with Gasteiger partial charge in [0.25, 0.3) is 0 Å². The highest BCUT2D eigenvalue weighted by Crippen LogP contribution is 2.47. The van der Waals surface area contributed by atoms with Crippen LogP contribution in [0, 0.1) is 0 Å². The molecule has 0 radical (unpaired) electrons. The molecule has 3 aliphatic rings. The molecule has 2 aromatic rings. The summed E-state index contributed by atoms with van der Waals surface area (Å²) in [6.45, 7) is 5.03. The van der Waals surface area contributed by atoms with Crippen LogP contribution in [0.3, 0.4) is 0 Å². The summed E-state index contributed by atoms with van der Waals surface area (Å²) < 4.78 is 0. The smallest absolute Gasteiger partial charge is 0.323 e. The Morgan fingerprint density at radius 2 is 1.73 bits per heavy atom. The van der Waals surface area contributed by atoms with Gasteiger partial charge in [-0.25, -0.2) is 9.78 Å². The number of benzene rings is 1. The van der Waals surface area contributed by atoms with Crippen LogP contribution in [0.5, 0.6) is 0 Å². The van der Waals surface area contributed by atoms with Gasteiger partial charge in [-0.05, 0) is 56.8 Å². The fourth-order valence-corrected chi connectivity index (χ4v) is 6.10. The highest BCUT2D eigenvalue weighted by molar-refractivity contribution is 6.29. The van der Waals surface area contributed by atoms with Gasteiger partial charge in [-0.2, -0.15) is 0 Å². The molecule has 1 aromatic heterocycles. The van der Waals surface area contributed by atoms with Crippen molar-refractivity contribution in [1.82, 2.24) is 19.8 Å². The molecule has 8 heteroatoms. The van der Waals surface area contributed by atoms with E-state index >= 15 is 0 Å². The maximum absolute atomic E-state index is 12.8. The Morgan fingerprint density at radius 3 is 2.42 bits per heavy atom. The molecule has 2 amide bonds. The number of anilines is 2. The number of amides is 2. The highest BCUT2D eigenvalue weighted by Gasteiger charge is 2.43. The first-order chi connectivity index (χ1) is 16.0. The van der Waals surface area contributed by atoms with Crippen LogP contribution in [0.1, 0.15) is 37.7 Å². The van der Waals surface area contributed by atoms with E-state index in [0.29, 0.717) is 11.2 Å². The summed E-state index contributed by atoms with van der Waals surface area (Å²) in [7, 11) is 3.66. The van der Waals surface area contributed by atoms with E-state index in [2.05, 4.69) is 44.0 Å². The number of hydrogen-bond acceptors (Lipinski definition) is 5. The van der Waals surface area contributed by atoms with Crippen LogP contribution in [0.2, 0.25) is 5.15 Å². The number of urea groups is 1. The Hall–Kier alpha value is -2.38. The van der Waals surface area contributed by atoms with Crippen molar-refractivity contribution < 1.29 is 4.79 Å². The molecule has 1 spiro atoms. The van der Waals surface area contributed by atoms with E-state index in [1.165, 1.54) is 5.56 Å². The van der Waals surface area contributed by atoms with Crippen LogP contribution in [-0.2, 0) is 5.41 Å². The van der Waals surface area contributed by atoms with E-state index in [-0.39, 0.29) is 11.4 Å². The normalized spacial score (nSPS) is 21.2. The zero-order valence-electron chi connectivity index (χ0n) is 19.6. The number of nitrogens with zero attached hydrogens (tertiary/aromatic N) is 6.